The summed E-state index contributed by atoms with van der Waals surface area (Å²) in [6, 6.07) is 16.0. The molecule has 0 N–H and O–H groups in total. The van der Waals surface area contributed by atoms with Crippen molar-refractivity contribution in [2.24, 2.45) is 0 Å². The fraction of sp³-hybridized carbons (Fsp3) is 0.250. The van der Waals surface area contributed by atoms with Crippen molar-refractivity contribution >= 4 is 17.9 Å². The van der Waals surface area contributed by atoms with Crippen LogP contribution in [0.2, 0.25) is 0 Å². The maximum absolute atomic E-state index is 12.7. The molecule has 0 unspecified atom stereocenters. The van der Waals surface area contributed by atoms with Crippen LogP contribution in [0.25, 0.3) is 0 Å². The van der Waals surface area contributed by atoms with Crippen LogP contribution in [0, 0.1) is 0 Å². The Hall–Kier alpha value is -3.15. The molecule has 0 aliphatic rings. The van der Waals surface area contributed by atoms with Crippen LogP contribution in [-0.4, -0.2) is 31.1 Å². The fourth-order valence-electron chi connectivity index (χ4n) is 2.37. The van der Waals surface area contributed by atoms with E-state index < -0.39 is 23.5 Å². The summed E-state index contributed by atoms with van der Waals surface area (Å²) in [4.78, 5) is 38.1. The van der Waals surface area contributed by atoms with Crippen molar-refractivity contribution in [1.82, 2.24) is 0 Å². The first-order valence-electron chi connectivity index (χ1n) is 8.24. The van der Waals surface area contributed by atoms with E-state index >= 15 is 0 Å². The molecule has 0 atom stereocenters. The zero-order valence-electron chi connectivity index (χ0n) is 14.6. The molecule has 0 aliphatic carbocycles. The van der Waals surface area contributed by atoms with Gasteiger partial charge in [-0.25, -0.2) is 14.4 Å². The lowest BCUT2D eigenvalue weighted by Crippen LogP contribution is -2.49. The van der Waals surface area contributed by atoms with E-state index in [2.05, 4.69) is 0 Å². The van der Waals surface area contributed by atoms with Crippen molar-refractivity contribution in [2.75, 3.05) is 13.2 Å². The van der Waals surface area contributed by atoms with Crippen molar-refractivity contribution in [2.45, 2.75) is 19.4 Å². The summed E-state index contributed by atoms with van der Waals surface area (Å²) in [5.74, 6) is -2.85. The molecule has 0 radical (unpaired) electrons. The molecular weight excluding hydrogens is 336 g/mol. The minimum atomic E-state index is -2.33. The highest BCUT2D eigenvalue weighted by Gasteiger charge is 2.55. The minimum absolute atomic E-state index is 0.00963. The van der Waals surface area contributed by atoms with Crippen molar-refractivity contribution in [1.29, 1.82) is 0 Å². The highest BCUT2D eigenvalue weighted by atomic mass is 16.6. The molecule has 0 aromatic heterocycles. The van der Waals surface area contributed by atoms with Gasteiger partial charge in [-0.1, -0.05) is 48.5 Å². The molecule has 2 aromatic rings. The average molecular weight is 356 g/mol. The van der Waals surface area contributed by atoms with Crippen molar-refractivity contribution in [3.05, 3.63) is 71.8 Å². The van der Waals surface area contributed by atoms with Crippen LogP contribution >= 0.6 is 0 Å². The van der Waals surface area contributed by atoms with Gasteiger partial charge in [0.25, 0.3) is 0 Å². The molecule has 0 bridgehead atoms. The monoisotopic (exact) mass is 356 g/mol. The Bertz CT molecular complexity index is 736. The molecule has 2 aromatic carbocycles. The number of hydrogen-bond acceptors (Lipinski definition) is 6. The summed E-state index contributed by atoms with van der Waals surface area (Å²) < 4.78 is 15.5. The number of rotatable bonds is 7. The zero-order chi connectivity index (χ0) is 19.0. The second-order valence-electron chi connectivity index (χ2n) is 5.24. The van der Waals surface area contributed by atoms with E-state index in [9.17, 15) is 14.4 Å². The topological polar surface area (TPSA) is 78.9 Å². The summed E-state index contributed by atoms with van der Waals surface area (Å²) in [7, 11) is 0. The third kappa shape index (κ3) is 3.91. The highest BCUT2D eigenvalue weighted by Crippen LogP contribution is 2.31. The predicted octanol–water partition coefficient (Wildman–Crippen LogP) is 2.87. The lowest BCUT2D eigenvalue weighted by Gasteiger charge is -2.29. The van der Waals surface area contributed by atoms with E-state index in [1.165, 1.54) is 24.3 Å². The van der Waals surface area contributed by atoms with Crippen LogP contribution in [0.5, 0.6) is 0 Å². The van der Waals surface area contributed by atoms with Gasteiger partial charge < -0.3 is 14.2 Å². The number of carbonyl (C=O) groups excluding carboxylic acids is 3. The smallest absolute Gasteiger partial charge is 0.367 e. The third-order valence-corrected chi connectivity index (χ3v) is 3.56. The Morgan fingerprint density at radius 2 is 1.23 bits per heavy atom. The summed E-state index contributed by atoms with van der Waals surface area (Å²) in [5, 5.41) is 0. The van der Waals surface area contributed by atoms with Crippen LogP contribution < -0.4 is 0 Å². The van der Waals surface area contributed by atoms with E-state index in [0.717, 1.165) is 0 Å². The molecule has 0 fully saturated rings. The SMILES string of the molecule is CCOC(=O)C(OC(=O)c1ccccc1)(C(=O)OCC)c1ccccc1. The van der Waals surface area contributed by atoms with Gasteiger partial charge in [0, 0.05) is 5.56 Å². The van der Waals surface area contributed by atoms with Gasteiger partial charge in [0.2, 0.25) is 0 Å². The Labute approximate surface area is 151 Å². The highest BCUT2D eigenvalue weighted by molar-refractivity contribution is 6.07. The van der Waals surface area contributed by atoms with Gasteiger partial charge in [0.15, 0.2) is 0 Å². The molecule has 26 heavy (non-hydrogen) atoms. The Morgan fingerprint density at radius 1 is 0.769 bits per heavy atom. The molecule has 136 valence electrons. The Balaban J connectivity index is 2.56. The van der Waals surface area contributed by atoms with E-state index in [1.807, 2.05) is 0 Å². The van der Waals surface area contributed by atoms with Crippen LogP contribution in [-0.2, 0) is 29.4 Å². The average Bonchev–Trinajstić information content (AvgIpc) is 2.67. The maximum atomic E-state index is 12.7. The van der Waals surface area contributed by atoms with Gasteiger partial charge >= 0.3 is 23.5 Å². The Morgan fingerprint density at radius 3 is 1.69 bits per heavy atom. The first-order chi connectivity index (χ1) is 12.6. The van der Waals surface area contributed by atoms with Gasteiger partial charge in [0.05, 0.1) is 18.8 Å². The fourth-order valence-corrected chi connectivity index (χ4v) is 2.37. The zero-order valence-corrected chi connectivity index (χ0v) is 14.6. The van der Waals surface area contributed by atoms with E-state index in [4.69, 9.17) is 14.2 Å². The van der Waals surface area contributed by atoms with Gasteiger partial charge in [-0.05, 0) is 26.0 Å². The third-order valence-electron chi connectivity index (χ3n) is 3.56. The van der Waals surface area contributed by atoms with Crippen molar-refractivity contribution in [3.8, 4) is 0 Å². The summed E-state index contributed by atoms with van der Waals surface area (Å²) in [6.45, 7) is 3.21. The second kappa shape index (κ2) is 8.80. The van der Waals surface area contributed by atoms with Gasteiger partial charge in [-0.15, -0.1) is 0 Å². The number of hydrogen-bond donors (Lipinski definition) is 0. The predicted molar refractivity (Wildman–Crippen MR) is 93.2 cm³/mol. The first kappa shape index (κ1) is 19.2. The molecule has 0 aliphatic heterocycles. The van der Waals surface area contributed by atoms with Crippen LogP contribution in [0.3, 0.4) is 0 Å². The first-order valence-corrected chi connectivity index (χ1v) is 8.24. The van der Waals surface area contributed by atoms with E-state index in [0.29, 0.717) is 0 Å². The molecule has 2 rings (SSSR count). The number of esters is 3. The van der Waals surface area contributed by atoms with Gasteiger partial charge in [0.1, 0.15) is 0 Å². The summed E-state index contributed by atoms with van der Waals surface area (Å²) in [6.07, 6.45) is 0. The quantitative estimate of drug-likeness (QED) is 0.431. The normalized spacial score (nSPS) is 10.7. The molecule has 0 saturated carbocycles. The molecule has 0 saturated heterocycles. The summed E-state index contributed by atoms with van der Waals surface area (Å²) >= 11 is 0. The van der Waals surface area contributed by atoms with Gasteiger partial charge in [-0.2, -0.15) is 0 Å². The largest absolute Gasteiger partial charge is 0.462 e. The molecule has 0 heterocycles. The maximum Gasteiger partial charge on any atom is 0.367 e. The Kier molecular flexibility index (Phi) is 6.49. The molecule has 6 nitrogen and oxygen atoms in total. The summed E-state index contributed by atoms with van der Waals surface area (Å²) in [5.41, 5.74) is -1.98. The number of benzene rings is 2. The molecule has 0 spiro atoms. The van der Waals surface area contributed by atoms with Crippen molar-refractivity contribution in [3.63, 3.8) is 0 Å². The van der Waals surface area contributed by atoms with Crippen LogP contribution in [0.4, 0.5) is 0 Å². The lowest BCUT2D eigenvalue weighted by molar-refractivity contribution is -0.185. The molecular formula is C20H20O6. The van der Waals surface area contributed by atoms with Crippen LogP contribution in [0.15, 0.2) is 60.7 Å². The van der Waals surface area contributed by atoms with E-state index in [1.54, 1.807) is 50.2 Å². The standard InChI is InChI=1S/C20H20O6/c1-3-24-18(22)20(19(23)25-4-2,16-13-9-6-10-14-16)26-17(21)15-11-7-5-8-12-15/h5-14H,3-4H2,1-2H3. The lowest BCUT2D eigenvalue weighted by atomic mass is 9.93. The second-order valence-corrected chi connectivity index (χ2v) is 5.24. The van der Waals surface area contributed by atoms with Gasteiger partial charge in [-0.3, -0.25) is 0 Å². The van der Waals surface area contributed by atoms with Crippen LogP contribution in [0.1, 0.15) is 29.8 Å². The number of carbonyl (C=O) groups is 3. The van der Waals surface area contributed by atoms with E-state index in [-0.39, 0.29) is 24.3 Å². The molecule has 6 heteroatoms. The molecule has 0 amide bonds. The minimum Gasteiger partial charge on any atom is -0.462 e. The number of ether oxygens (including phenoxy) is 3. The van der Waals surface area contributed by atoms with Crippen molar-refractivity contribution < 1.29 is 28.6 Å².